The van der Waals surface area contributed by atoms with Gasteiger partial charge in [-0.05, 0) is 44.2 Å². The molecule has 6 nitrogen and oxygen atoms in total. The number of carbonyl (C=O) groups excluding carboxylic acids is 1. The molecule has 3 rings (SSSR count). The first-order valence-corrected chi connectivity index (χ1v) is 9.28. The summed E-state index contributed by atoms with van der Waals surface area (Å²) < 4.78 is 11.9. The number of rotatable bonds is 6. The van der Waals surface area contributed by atoms with Gasteiger partial charge >= 0.3 is 0 Å². The van der Waals surface area contributed by atoms with Gasteiger partial charge in [-0.25, -0.2) is 0 Å². The Kier molecular flexibility index (Phi) is 5.91. The van der Waals surface area contributed by atoms with Gasteiger partial charge in [0.05, 0.1) is 6.54 Å². The summed E-state index contributed by atoms with van der Waals surface area (Å²) >= 11 is 3.37. The second-order valence-electron chi connectivity index (χ2n) is 6.29. The number of hydrogen-bond acceptors (Lipinski definition) is 5. The molecule has 0 fully saturated rings. The Labute approximate surface area is 166 Å². The Hall–Kier alpha value is -2.67. The van der Waals surface area contributed by atoms with Gasteiger partial charge in [-0.2, -0.15) is 4.98 Å². The monoisotopic (exact) mass is 429 g/mol. The SMILES string of the molecule is Cc1cccc(-c2noc(CN(C)C(=O)[C@H](C)Oc3ccc(Br)cc3)n2)c1. The molecule has 0 aliphatic rings. The van der Waals surface area contributed by atoms with Crippen LogP contribution in [0.25, 0.3) is 11.4 Å². The number of aromatic nitrogens is 2. The Balaban J connectivity index is 1.61. The summed E-state index contributed by atoms with van der Waals surface area (Å²) in [6.45, 7) is 3.93. The molecular weight excluding hydrogens is 410 g/mol. The highest BCUT2D eigenvalue weighted by atomic mass is 79.9. The largest absolute Gasteiger partial charge is 0.481 e. The fourth-order valence-corrected chi connectivity index (χ4v) is 2.84. The van der Waals surface area contributed by atoms with Crippen LogP contribution in [-0.4, -0.2) is 34.1 Å². The molecule has 1 aromatic heterocycles. The van der Waals surface area contributed by atoms with E-state index in [4.69, 9.17) is 9.26 Å². The first-order chi connectivity index (χ1) is 12.9. The lowest BCUT2D eigenvalue weighted by atomic mass is 10.1. The molecule has 0 saturated carbocycles. The van der Waals surface area contributed by atoms with Gasteiger partial charge in [-0.1, -0.05) is 44.8 Å². The minimum Gasteiger partial charge on any atom is -0.481 e. The van der Waals surface area contributed by atoms with Crippen molar-refractivity contribution in [3.8, 4) is 17.1 Å². The molecule has 140 valence electrons. The number of amides is 1. The molecule has 0 aliphatic carbocycles. The van der Waals surface area contributed by atoms with E-state index in [1.807, 2.05) is 43.3 Å². The predicted octanol–water partition coefficient (Wildman–Crippen LogP) is 4.23. The highest BCUT2D eigenvalue weighted by Crippen LogP contribution is 2.19. The standard InChI is InChI=1S/C20H20BrN3O3/c1-13-5-4-6-15(11-13)19-22-18(27-23-19)12-24(3)20(25)14(2)26-17-9-7-16(21)8-10-17/h4-11,14H,12H2,1-3H3/t14-/m0/s1. The molecule has 0 aliphatic heterocycles. The van der Waals surface area contributed by atoms with Crippen molar-refractivity contribution in [3.05, 3.63) is 64.5 Å². The maximum atomic E-state index is 12.5. The summed E-state index contributed by atoms with van der Waals surface area (Å²) in [5, 5.41) is 4.00. The Morgan fingerprint density at radius 1 is 1.26 bits per heavy atom. The number of aryl methyl sites for hydroxylation is 1. The fourth-order valence-electron chi connectivity index (χ4n) is 2.58. The van der Waals surface area contributed by atoms with Crippen LogP contribution >= 0.6 is 15.9 Å². The zero-order valence-electron chi connectivity index (χ0n) is 15.3. The van der Waals surface area contributed by atoms with E-state index in [0.29, 0.717) is 17.5 Å². The number of carbonyl (C=O) groups is 1. The number of nitrogens with zero attached hydrogens (tertiary/aromatic N) is 3. The molecule has 0 bridgehead atoms. The van der Waals surface area contributed by atoms with Crippen LogP contribution < -0.4 is 4.74 Å². The number of ether oxygens (including phenoxy) is 1. The van der Waals surface area contributed by atoms with Crippen LogP contribution in [0.5, 0.6) is 5.75 Å². The molecule has 1 amide bonds. The Bertz CT molecular complexity index is 924. The summed E-state index contributed by atoms with van der Waals surface area (Å²) in [6.07, 6.45) is -0.629. The van der Waals surface area contributed by atoms with Crippen LogP contribution in [0.2, 0.25) is 0 Å². The van der Waals surface area contributed by atoms with Crippen molar-refractivity contribution in [1.29, 1.82) is 0 Å². The van der Waals surface area contributed by atoms with Gasteiger partial charge in [-0.15, -0.1) is 0 Å². The molecule has 0 radical (unpaired) electrons. The topological polar surface area (TPSA) is 68.5 Å². The Morgan fingerprint density at radius 2 is 2.00 bits per heavy atom. The van der Waals surface area contributed by atoms with Crippen LogP contribution in [0.1, 0.15) is 18.4 Å². The van der Waals surface area contributed by atoms with Crippen LogP contribution in [0.15, 0.2) is 57.5 Å². The predicted molar refractivity (Wildman–Crippen MR) is 105 cm³/mol. The third kappa shape index (κ3) is 4.95. The molecule has 0 spiro atoms. The van der Waals surface area contributed by atoms with Crippen molar-refractivity contribution in [3.63, 3.8) is 0 Å². The summed E-state index contributed by atoms with van der Waals surface area (Å²) in [6, 6.07) is 15.2. The minimum absolute atomic E-state index is 0.173. The second-order valence-corrected chi connectivity index (χ2v) is 7.21. The van der Waals surface area contributed by atoms with Crippen LogP contribution in [0.4, 0.5) is 0 Å². The highest BCUT2D eigenvalue weighted by molar-refractivity contribution is 9.10. The van der Waals surface area contributed by atoms with E-state index in [9.17, 15) is 4.79 Å². The van der Waals surface area contributed by atoms with Crippen molar-refractivity contribution in [2.75, 3.05) is 7.05 Å². The number of likely N-dealkylation sites (N-methyl/N-ethyl adjacent to an activating group) is 1. The minimum atomic E-state index is -0.629. The van der Waals surface area contributed by atoms with Gasteiger partial charge in [0, 0.05) is 17.1 Å². The van der Waals surface area contributed by atoms with E-state index in [-0.39, 0.29) is 12.5 Å². The number of hydrogen-bond donors (Lipinski definition) is 0. The molecule has 27 heavy (non-hydrogen) atoms. The molecule has 2 aromatic carbocycles. The van der Waals surface area contributed by atoms with E-state index in [1.165, 1.54) is 4.90 Å². The van der Waals surface area contributed by atoms with Crippen LogP contribution in [-0.2, 0) is 11.3 Å². The third-order valence-corrected chi connectivity index (χ3v) is 4.50. The lowest BCUT2D eigenvalue weighted by Crippen LogP contribution is -2.37. The van der Waals surface area contributed by atoms with Gasteiger partial charge in [0.25, 0.3) is 5.91 Å². The van der Waals surface area contributed by atoms with Crippen LogP contribution in [0.3, 0.4) is 0 Å². The summed E-state index contributed by atoms with van der Waals surface area (Å²) in [7, 11) is 1.68. The van der Waals surface area contributed by atoms with E-state index in [2.05, 4.69) is 26.1 Å². The first kappa shape index (κ1) is 19.1. The maximum Gasteiger partial charge on any atom is 0.263 e. The quantitative estimate of drug-likeness (QED) is 0.586. The van der Waals surface area contributed by atoms with E-state index in [0.717, 1.165) is 15.6 Å². The third-order valence-electron chi connectivity index (χ3n) is 3.97. The molecule has 0 N–H and O–H groups in total. The Morgan fingerprint density at radius 3 is 2.70 bits per heavy atom. The van der Waals surface area contributed by atoms with Gasteiger partial charge in [-0.3, -0.25) is 4.79 Å². The molecule has 1 atom stereocenters. The second kappa shape index (κ2) is 8.35. The van der Waals surface area contributed by atoms with Gasteiger partial charge in [0.2, 0.25) is 11.7 Å². The summed E-state index contributed by atoms with van der Waals surface area (Å²) in [5.41, 5.74) is 2.00. The highest BCUT2D eigenvalue weighted by Gasteiger charge is 2.21. The molecule has 7 heteroatoms. The smallest absolute Gasteiger partial charge is 0.263 e. The molecule has 0 saturated heterocycles. The van der Waals surface area contributed by atoms with Crippen molar-refractivity contribution >= 4 is 21.8 Å². The summed E-state index contributed by atoms with van der Waals surface area (Å²) in [4.78, 5) is 18.4. The number of halogens is 1. The van der Waals surface area contributed by atoms with Gasteiger partial charge in [0.15, 0.2) is 6.10 Å². The lowest BCUT2D eigenvalue weighted by Gasteiger charge is -2.20. The first-order valence-electron chi connectivity index (χ1n) is 8.49. The molecule has 0 unspecified atom stereocenters. The number of benzene rings is 2. The zero-order valence-corrected chi connectivity index (χ0v) is 16.9. The average molecular weight is 430 g/mol. The maximum absolute atomic E-state index is 12.5. The van der Waals surface area contributed by atoms with Gasteiger partial charge < -0.3 is 14.2 Å². The van der Waals surface area contributed by atoms with Crippen molar-refractivity contribution in [1.82, 2.24) is 15.0 Å². The van der Waals surface area contributed by atoms with Crippen molar-refractivity contribution in [2.45, 2.75) is 26.5 Å². The molecular formula is C20H20BrN3O3. The zero-order chi connectivity index (χ0) is 19.4. The van der Waals surface area contributed by atoms with E-state index >= 15 is 0 Å². The lowest BCUT2D eigenvalue weighted by molar-refractivity contribution is -0.137. The molecule has 3 aromatic rings. The van der Waals surface area contributed by atoms with Gasteiger partial charge in [0.1, 0.15) is 5.75 Å². The van der Waals surface area contributed by atoms with Crippen molar-refractivity contribution < 1.29 is 14.1 Å². The van der Waals surface area contributed by atoms with Crippen molar-refractivity contribution in [2.24, 2.45) is 0 Å². The van der Waals surface area contributed by atoms with E-state index in [1.54, 1.807) is 26.1 Å². The van der Waals surface area contributed by atoms with E-state index < -0.39 is 6.10 Å². The fraction of sp³-hybridized carbons (Fsp3) is 0.250. The van der Waals surface area contributed by atoms with Crippen LogP contribution in [0, 0.1) is 6.92 Å². The average Bonchev–Trinajstić information content (AvgIpc) is 3.11. The molecule has 1 heterocycles. The summed E-state index contributed by atoms with van der Waals surface area (Å²) in [5.74, 6) is 1.34. The normalized spacial score (nSPS) is 11.9.